The Morgan fingerprint density at radius 3 is 2.81 bits per heavy atom. The predicted molar refractivity (Wildman–Crippen MR) is 82.0 cm³/mol. The molecule has 1 heterocycles. The minimum Gasteiger partial charge on any atom is -0.327 e. The molecule has 5 nitrogen and oxygen atoms in total. The molecule has 3 rings (SSSR count). The average Bonchev–Trinajstić information content (AvgIpc) is 3.07. The lowest BCUT2D eigenvalue weighted by molar-refractivity contribution is -0.120. The summed E-state index contributed by atoms with van der Waals surface area (Å²) in [5.41, 5.74) is 7.55. The van der Waals surface area contributed by atoms with Gasteiger partial charge in [0.15, 0.2) is 0 Å². The zero-order valence-electron chi connectivity index (χ0n) is 12.0. The van der Waals surface area contributed by atoms with Crippen molar-refractivity contribution in [3.05, 3.63) is 24.3 Å². The third kappa shape index (κ3) is 2.93. The number of nitrogens with one attached hydrogen (secondary N) is 1. The minimum atomic E-state index is -0.0953. The van der Waals surface area contributed by atoms with Crippen LogP contribution in [0, 0.1) is 5.92 Å². The standard InChI is InChI=1S/C16H21N3O2/c17-14-7-2-6-13(14)16(21)18-11-4-1-5-12(10-11)19-9-3-8-15(19)20/h1,4-5,10,13-14H,2-3,6-9,17H2,(H,18,21). The van der Waals surface area contributed by atoms with Gasteiger partial charge in [-0.1, -0.05) is 12.5 Å². The molecule has 1 aliphatic carbocycles. The zero-order valence-corrected chi connectivity index (χ0v) is 12.0. The molecule has 2 unspecified atom stereocenters. The van der Waals surface area contributed by atoms with Gasteiger partial charge in [-0.15, -0.1) is 0 Å². The largest absolute Gasteiger partial charge is 0.327 e. The molecular formula is C16H21N3O2. The van der Waals surface area contributed by atoms with E-state index in [1.54, 1.807) is 4.90 Å². The van der Waals surface area contributed by atoms with E-state index in [-0.39, 0.29) is 23.8 Å². The van der Waals surface area contributed by atoms with Crippen LogP contribution in [0.25, 0.3) is 0 Å². The summed E-state index contributed by atoms with van der Waals surface area (Å²) in [4.78, 5) is 25.8. The van der Waals surface area contributed by atoms with E-state index in [2.05, 4.69) is 5.32 Å². The van der Waals surface area contributed by atoms with E-state index in [4.69, 9.17) is 5.73 Å². The van der Waals surface area contributed by atoms with Crippen LogP contribution in [0.2, 0.25) is 0 Å². The Kier molecular flexibility index (Phi) is 3.92. The average molecular weight is 287 g/mol. The van der Waals surface area contributed by atoms with Gasteiger partial charge in [-0.05, 0) is 37.5 Å². The normalized spacial score (nSPS) is 25.4. The number of hydrogen-bond donors (Lipinski definition) is 2. The summed E-state index contributed by atoms with van der Waals surface area (Å²) in [6.07, 6.45) is 4.29. The Bertz CT molecular complexity index is 558. The molecular weight excluding hydrogens is 266 g/mol. The van der Waals surface area contributed by atoms with Crippen molar-refractivity contribution in [3.8, 4) is 0 Å². The molecule has 3 N–H and O–H groups in total. The molecule has 1 aromatic carbocycles. The van der Waals surface area contributed by atoms with E-state index in [1.165, 1.54) is 0 Å². The first kappa shape index (κ1) is 14.1. The van der Waals surface area contributed by atoms with Gasteiger partial charge in [0, 0.05) is 30.4 Å². The first-order chi connectivity index (χ1) is 10.1. The van der Waals surface area contributed by atoms with Crippen molar-refractivity contribution in [3.63, 3.8) is 0 Å². The van der Waals surface area contributed by atoms with E-state index in [1.807, 2.05) is 24.3 Å². The molecule has 0 radical (unpaired) electrons. The smallest absolute Gasteiger partial charge is 0.229 e. The van der Waals surface area contributed by atoms with Crippen LogP contribution in [0.3, 0.4) is 0 Å². The van der Waals surface area contributed by atoms with Crippen LogP contribution in [0.5, 0.6) is 0 Å². The quantitative estimate of drug-likeness (QED) is 0.891. The fourth-order valence-corrected chi connectivity index (χ4v) is 3.22. The molecule has 21 heavy (non-hydrogen) atoms. The van der Waals surface area contributed by atoms with E-state index >= 15 is 0 Å². The number of nitrogens with zero attached hydrogens (tertiary/aromatic N) is 1. The van der Waals surface area contributed by atoms with Crippen molar-refractivity contribution in [2.45, 2.75) is 38.1 Å². The summed E-state index contributed by atoms with van der Waals surface area (Å²) in [6.45, 7) is 0.754. The van der Waals surface area contributed by atoms with Crippen molar-refractivity contribution in [1.82, 2.24) is 0 Å². The third-order valence-corrected chi connectivity index (χ3v) is 4.40. The first-order valence-corrected chi connectivity index (χ1v) is 7.62. The minimum absolute atomic E-state index is 0.00935. The Morgan fingerprint density at radius 2 is 2.14 bits per heavy atom. The maximum Gasteiger partial charge on any atom is 0.229 e. The molecule has 0 aromatic heterocycles. The number of rotatable bonds is 3. The summed E-state index contributed by atoms with van der Waals surface area (Å²) in [5, 5.41) is 2.94. The molecule has 5 heteroatoms. The lowest BCUT2D eigenvalue weighted by Crippen LogP contribution is -2.34. The Hall–Kier alpha value is -1.88. The highest BCUT2D eigenvalue weighted by molar-refractivity contribution is 5.97. The van der Waals surface area contributed by atoms with Gasteiger partial charge in [-0.25, -0.2) is 0 Å². The molecule has 2 amide bonds. The lowest BCUT2D eigenvalue weighted by atomic mass is 10.0. The maximum absolute atomic E-state index is 12.3. The number of carbonyl (C=O) groups is 2. The van der Waals surface area contributed by atoms with Crippen LogP contribution in [-0.4, -0.2) is 24.4 Å². The van der Waals surface area contributed by atoms with Crippen LogP contribution in [-0.2, 0) is 9.59 Å². The fraction of sp³-hybridized carbons (Fsp3) is 0.500. The second-order valence-corrected chi connectivity index (χ2v) is 5.89. The topological polar surface area (TPSA) is 75.4 Å². The summed E-state index contributed by atoms with van der Waals surface area (Å²) >= 11 is 0. The lowest BCUT2D eigenvalue weighted by Gasteiger charge is -2.18. The Labute approximate surface area is 124 Å². The number of anilines is 2. The molecule has 2 aliphatic rings. The Morgan fingerprint density at radius 1 is 1.29 bits per heavy atom. The number of amides is 2. The fourth-order valence-electron chi connectivity index (χ4n) is 3.22. The number of benzene rings is 1. The highest BCUT2D eigenvalue weighted by atomic mass is 16.2. The van der Waals surface area contributed by atoms with Crippen molar-refractivity contribution in [1.29, 1.82) is 0 Å². The van der Waals surface area contributed by atoms with E-state index in [0.717, 1.165) is 43.6 Å². The number of carbonyl (C=O) groups excluding carboxylic acids is 2. The van der Waals surface area contributed by atoms with E-state index in [9.17, 15) is 9.59 Å². The molecule has 0 spiro atoms. The SMILES string of the molecule is NC1CCCC1C(=O)Nc1cccc(N2CCCC2=O)c1. The van der Waals surface area contributed by atoms with Gasteiger partial charge >= 0.3 is 0 Å². The van der Waals surface area contributed by atoms with Gasteiger partial charge in [-0.3, -0.25) is 9.59 Å². The van der Waals surface area contributed by atoms with Crippen molar-refractivity contribution < 1.29 is 9.59 Å². The molecule has 112 valence electrons. The van der Waals surface area contributed by atoms with Gasteiger partial charge in [0.2, 0.25) is 11.8 Å². The van der Waals surface area contributed by atoms with E-state index < -0.39 is 0 Å². The highest BCUT2D eigenvalue weighted by Crippen LogP contribution is 2.27. The molecule has 1 saturated heterocycles. The molecule has 0 bridgehead atoms. The maximum atomic E-state index is 12.3. The first-order valence-electron chi connectivity index (χ1n) is 7.62. The Balaban J connectivity index is 1.71. The van der Waals surface area contributed by atoms with Crippen LogP contribution in [0.1, 0.15) is 32.1 Å². The van der Waals surface area contributed by atoms with Crippen LogP contribution in [0.15, 0.2) is 24.3 Å². The monoisotopic (exact) mass is 287 g/mol. The van der Waals surface area contributed by atoms with Gasteiger partial charge in [-0.2, -0.15) is 0 Å². The van der Waals surface area contributed by atoms with Crippen LogP contribution < -0.4 is 16.0 Å². The highest BCUT2D eigenvalue weighted by Gasteiger charge is 2.30. The summed E-state index contributed by atoms with van der Waals surface area (Å²) in [7, 11) is 0. The molecule has 1 saturated carbocycles. The predicted octanol–water partition coefficient (Wildman–Crippen LogP) is 1.88. The molecule has 2 fully saturated rings. The third-order valence-electron chi connectivity index (χ3n) is 4.40. The number of hydrogen-bond acceptors (Lipinski definition) is 3. The summed E-state index contributed by atoms with van der Waals surface area (Å²) in [5.74, 6) is 0.0447. The molecule has 1 aromatic rings. The summed E-state index contributed by atoms with van der Waals surface area (Å²) in [6, 6.07) is 7.45. The van der Waals surface area contributed by atoms with Crippen molar-refractivity contribution in [2.75, 3.05) is 16.8 Å². The summed E-state index contributed by atoms with van der Waals surface area (Å²) < 4.78 is 0. The van der Waals surface area contributed by atoms with Crippen LogP contribution in [0.4, 0.5) is 11.4 Å². The van der Waals surface area contributed by atoms with Gasteiger partial charge in [0.25, 0.3) is 0 Å². The van der Waals surface area contributed by atoms with Crippen molar-refractivity contribution in [2.24, 2.45) is 11.7 Å². The van der Waals surface area contributed by atoms with Crippen molar-refractivity contribution >= 4 is 23.2 Å². The molecule has 2 atom stereocenters. The molecule has 1 aliphatic heterocycles. The van der Waals surface area contributed by atoms with E-state index in [0.29, 0.717) is 6.42 Å². The second kappa shape index (κ2) is 5.85. The van der Waals surface area contributed by atoms with Gasteiger partial charge in [0.1, 0.15) is 0 Å². The zero-order chi connectivity index (χ0) is 14.8. The van der Waals surface area contributed by atoms with Gasteiger partial charge < -0.3 is 16.0 Å². The second-order valence-electron chi connectivity index (χ2n) is 5.89. The number of nitrogens with two attached hydrogens (primary N) is 1. The van der Waals surface area contributed by atoms with Gasteiger partial charge in [0.05, 0.1) is 5.92 Å². The van der Waals surface area contributed by atoms with Crippen LogP contribution >= 0.6 is 0 Å².